The molecule has 0 unspecified atom stereocenters. The predicted molar refractivity (Wildman–Crippen MR) is 174 cm³/mol. The van der Waals surface area contributed by atoms with Crippen molar-refractivity contribution in [1.82, 2.24) is 19.9 Å². The number of rotatable bonds is 7. The zero-order chi connectivity index (χ0) is 31.8. The van der Waals surface area contributed by atoms with Crippen molar-refractivity contribution in [2.45, 2.75) is 45.6 Å². The highest BCUT2D eigenvalue weighted by Gasteiger charge is 2.25. The first-order valence-corrected chi connectivity index (χ1v) is 16.2. The van der Waals surface area contributed by atoms with Crippen LogP contribution in [0.3, 0.4) is 0 Å². The summed E-state index contributed by atoms with van der Waals surface area (Å²) in [5, 5.41) is 4.37. The Morgan fingerprint density at radius 3 is 2.41 bits per heavy atom. The predicted octanol–water partition coefficient (Wildman–Crippen LogP) is 6.72. The maximum atomic E-state index is 13.8. The molecule has 226 valence electrons. The number of sulfone groups is 1. The van der Waals surface area contributed by atoms with Crippen LogP contribution in [-0.2, 0) is 9.84 Å². The van der Waals surface area contributed by atoms with Crippen LogP contribution in [-0.4, -0.2) is 34.6 Å². The van der Waals surface area contributed by atoms with E-state index in [2.05, 4.69) is 15.3 Å². The molecule has 0 radical (unpaired) electrons. The Hall–Kier alpha value is -4.34. The molecule has 5 rings (SSSR count). The largest absolute Gasteiger partial charge is 0.343 e. The number of aryl methyl sites for hydroxylation is 1. The molecule has 2 heterocycles. The van der Waals surface area contributed by atoms with E-state index < -0.39 is 27.2 Å². The maximum absolute atomic E-state index is 13.8. The summed E-state index contributed by atoms with van der Waals surface area (Å²) < 4.78 is 27.6. The lowest BCUT2D eigenvalue weighted by atomic mass is 10.0. The van der Waals surface area contributed by atoms with Gasteiger partial charge in [0.25, 0.3) is 11.5 Å². The second kappa shape index (κ2) is 12.0. The van der Waals surface area contributed by atoms with Crippen molar-refractivity contribution in [3.05, 3.63) is 118 Å². The second-order valence-corrected chi connectivity index (χ2v) is 14.4. The van der Waals surface area contributed by atoms with Gasteiger partial charge in [0.1, 0.15) is 5.69 Å². The van der Waals surface area contributed by atoms with E-state index in [1.165, 1.54) is 6.20 Å². The molecule has 44 heavy (non-hydrogen) atoms. The molecule has 8 nitrogen and oxygen atoms in total. The van der Waals surface area contributed by atoms with Gasteiger partial charge in [0.15, 0.2) is 9.84 Å². The Morgan fingerprint density at radius 2 is 1.70 bits per heavy atom. The molecule has 0 spiro atoms. The van der Waals surface area contributed by atoms with E-state index >= 15 is 0 Å². The quantitative estimate of drug-likeness (QED) is 0.214. The van der Waals surface area contributed by atoms with Gasteiger partial charge in [-0.1, -0.05) is 74.8 Å². The minimum absolute atomic E-state index is 0.0103. The van der Waals surface area contributed by atoms with Crippen molar-refractivity contribution in [2.75, 3.05) is 5.75 Å². The molecule has 0 saturated carbocycles. The summed E-state index contributed by atoms with van der Waals surface area (Å²) in [6, 6.07) is 22.2. The van der Waals surface area contributed by atoms with Crippen molar-refractivity contribution in [2.24, 2.45) is 5.41 Å². The number of pyridine rings is 1. The lowest BCUT2D eigenvalue weighted by Gasteiger charge is -2.21. The van der Waals surface area contributed by atoms with Gasteiger partial charge < -0.3 is 5.32 Å². The van der Waals surface area contributed by atoms with Gasteiger partial charge in [0.05, 0.1) is 44.7 Å². The topological polar surface area (TPSA) is 111 Å². The highest BCUT2D eigenvalue weighted by atomic mass is 35.5. The fraction of sp³-hybridized carbons (Fsp3) is 0.235. The summed E-state index contributed by atoms with van der Waals surface area (Å²) in [7, 11) is -3.54. The Bertz CT molecular complexity index is 2050. The average Bonchev–Trinajstić information content (AvgIpc) is 2.96. The molecule has 1 amide bonds. The van der Waals surface area contributed by atoms with E-state index in [4.69, 9.17) is 11.6 Å². The van der Waals surface area contributed by atoms with Crippen LogP contribution < -0.4 is 10.9 Å². The lowest BCUT2D eigenvalue weighted by Crippen LogP contribution is -2.33. The Balaban J connectivity index is 1.51. The third-order valence-corrected chi connectivity index (χ3v) is 9.65. The number of carbonyl (C=O) groups is 1. The van der Waals surface area contributed by atoms with Crippen LogP contribution in [0.4, 0.5) is 0 Å². The highest BCUT2D eigenvalue weighted by molar-refractivity contribution is 7.91. The molecule has 2 aromatic heterocycles. The fourth-order valence-corrected chi connectivity index (χ4v) is 7.31. The van der Waals surface area contributed by atoms with Crippen LogP contribution >= 0.6 is 11.6 Å². The normalized spacial score (nSPS) is 12.7. The molecule has 3 aromatic carbocycles. The van der Waals surface area contributed by atoms with E-state index in [9.17, 15) is 18.0 Å². The number of amides is 1. The van der Waals surface area contributed by atoms with Crippen LogP contribution in [0.2, 0.25) is 5.02 Å². The minimum Gasteiger partial charge on any atom is -0.343 e. The summed E-state index contributed by atoms with van der Waals surface area (Å²) in [6.45, 7) is 9.09. The van der Waals surface area contributed by atoms with Crippen molar-refractivity contribution < 1.29 is 13.2 Å². The molecule has 10 heteroatoms. The van der Waals surface area contributed by atoms with Crippen molar-refractivity contribution >= 4 is 38.1 Å². The van der Waals surface area contributed by atoms with Crippen molar-refractivity contribution in [3.63, 3.8) is 0 Å². The Labute approximate surface area is 261 Å². The van der Waals surface area contributed by atoms with Gasteiger partial charge in [-0.15, -0.1) is 0 Å². The average molecular weight is 629 g/mol. The number of hydrogen-bond acceptors (Lipinski definition) is 6. The smallest absolute Gasteiger partial charge is 0.272 e. The third kappa shape index (κ3) is 6.44. The van der Waals surface area contributed by atoms with Crippen LogP contribution in [0, 0.1) is 12.3 Å². The molecular formula is C34H33ClN4O4S. The van der Waals surface area contributed by atoms with E-state index in [-0.39, 0.29) is 21.9 Å². The van der Waals surface area contributed by atoms with Gasteiger partial charge in [-0.2, -0.15) is 0 Å². The number of aromatic nitrogens is 3. The summed E-state index contributed by atoms with van der Waals surface area (Å²) in [5.41, 5.74) is 1.87. The third-order valence-electron chi connectivity index (χ3n) is 7.11. The molecule has 5 aromatic rings. The Morgan fingerprint density at radius 1 is 1.00 bits per heavy atom. The zero-order valence-corrected chi connectivity index (χ0v) is 26.7. The molecule has 1 atom stereocenters. The number of nitrogens with one attached hydrogen (secondary N) is 1. The van der Waals surface area contributed by atoms with E-state index in [0.29, 0.717) is 44.1 Å². The van der Waals surface area contributed by atoms with E-state index in [1.54, 1.807) is 54.8 Å². The first kappa shape index (κ1) is 31.1. The van der Waals surface area contributed by atoms with E-state index in [1.807, 2.05) is 63.2 Å². The number of carbonyl (C=O) groups excluding carboxylic acids is 1. The van der Waals surface area contributed by atoms with Gasteiger partial charge in [-0.05, 0) is 61.0 Å². The highest BCUT2D eigenvalue weighted by Crippen LogP contribution is 2.28. The van der Waals surface area contributed by atoms with Gasteiger partial charge in [-0.3, -0.25) is 19.1 Å². The molecule has 0 fully saturated rings. The monoisotopic (exact) mass is 628 g/mol. The molecule has 0 aliphatic heterocycles. The Kier molecular flexibility index (Phi) is 8.46. The van der Waals surface area contributed by atoms with Crippen molar-refractivity contribution in [3.8, 4) is 16.9 Å². The van der Waals surface area contributed by atoms with Gasteiger partial charge in [0.2, 0.25) is 0 Å². The fourth-order valence-electron chi connectivity index (χ4n) is 5.15. The first-order valence-electron chi connectivity index (χ1n) is 14.1. The molecular weight excluding hydrogens is 596 g/mol. The summed E-state index contributed by atoms with van der Waals surface area (Å²) >= 11 is 6.43. The molecule has 0 aliphatic carbocycles. The molecule has 0 saturated heterocycles. The van der Waals surface area contributed by atoms with Crippen LogP contribution in [0.5, 0.6) is 0 Å². The number of halogens is 1. The second-order valence-electron chi connectivity index (χ2n) is 12.0. The van der Waals surface area contributed by atoms with E-state index in [0.717, 1.165) is 0 Å². The summed E-state index contributed by atoms with van der Waals surface area (Å²) in [6.07, 6.45) is 1.52. The lowest BCUT2D eigenvalue weighted by molar-refractivity contribution is 0.0932. The zero-order valence-electron chi connectivity index (χ0n) is 25.1. The van der Waals surface area contributed by atoms with Gasteiger partial charge in [0, 0.05) is 16.9 Å². The molecule has 0 aliphatic rings. The van der Waals surface area contributed by atoms with Crippen molar-refractivity contribution in [1.29, 1.82) is 0 Å². The number of para-hydroxylation sites is 1. The number of nitrogens with zero attached hydrogens (tertiary/aromatic N) is 3. The molecule has 1 N–H and O–H groups in total. The van der Waals surface area contributed by atoms with Crippen LogP contribution in [0.25, 0.3) is 27.7 Å². The maximum Gasteiger partial charge on any atom is 0.272 e. The first-order chi connectivity index (χ1) is 20.7. The summed E-state index contributed by atoms with van der Waals surface area (Å²) in [4.78, 5) is 36.6. The summed E-state index contributed by atoms with van der Waals surface area (Å²) in [5.74, 6) is -0.497. The molecule has 0 bridgehead atoms. The van der Waals surface area contributed by atoms with Gasteiger partial charge >= 0.3 is 0 Å². The SMILES string of the molecule is Cc1ncc(-c2cccc(S(=O)(=O)CC(C)(C)C)c2)nc1C(=O)N[C@@H](C)c1cc2cccc(Cl)c2c(=O)n1-c1ccccc1. The minimum atomic E-state index is -3.54. The number of hydrogen-bond donors (Lipinski definition) is 1. The van der Waals surface area contributed by atoms with Crippen LogP contribution in [0.15, 0.2) is 94.7 Å². The van der Waals surface area contributed by atoms with Gasteiger partial charge in [-0.25, -0.2) is 13.4 Å². The number of benzene rings is 3. The van der Waals surface area contributed by atoms with Crippen LogP contribution in [0.1, 0.15) is 55.6 Å². The number of fused-ring (bicyclic) bond motifs is 1. The standard InChI is InChI=1S/C34H33ClN4O4S/c1-21(29-18-24-12-10-16-27(35)30(24)33(41)39(29)25-13-7-6-8-14-25)37-32(40)31-22(2)36-19-28(38-31)23-11-9-15-26(17-23)44(42,43)20-34(3,4)5/h6-19,21H,20H2,1-5H3,(H,37,40)/t21-/m0/s1.